The number of rotatable bonds is 4. The lowest BCUT2D eigenvalue weighted by atomic mass is 10.2. The Bertz CT molecular complexity index is 621. The van der Waals surface area contributed by atoms with E-state index in [0.29, 0.717) is 12.1 Å². The predicted octanol–water partition coefficient (Wildman–Crippen LogP) is 2.99. The van der Waals surface area contributed by atoms with Gasteiger partial charge in [-0.15, -0.1) is 0 Å². The molecule has 0 radical (unpaired) electrons. The molecule has 0 aliphatic heterocycles. The molecule has 1 aromatic heterocycles. The van der Waals surface area contributed by atoms with Crippen molar-refractivity contribution in [1.29, 1.82) is 0 Å². The number of anilines is 2. The van der Waals surface area contributed by atoms with Crippen molar-refractivity contribution in [2.75, 3.05) is 11.1 Å². The maximum atomic E-state index is 13.2. The van der Waals surface area contributed by atoms with Gasteiger partial charge in [-0.05, 0) is 24.6 Å². The minimum absolute atomic E-state index is 0.0915. The third-order valence-electron chi connectivity index (χ3n) is 2.72. The molecule has 1 aromatic carbocycles. The Morgan fingerprint density at radius 3 is 2.90 bits per heavy atom. The molecule has 0 saturated carbocycles. The number of halogens is 2. The highest BCUT2D eigenvalue weighted by atomic mass is 35.5. The highest BCUT2D eigenvalue weighted by Gasteiger charge is 2.17. The first kappa shape index (κ1) is 14.3. The van der Waals surface area contributed by atoms with Gasteiger partial charge in [-0.1, -0.05) is 24.9 Å². The van der Waals surface area contributed by atoms with E-state index in [-0.39, 0.29) is 16.4 Å². The second-order valence-corrected chi connectivity index (χ2v) is 4.76. The molecule has 106 valence electrons. The van der Waals surface area contributed by atoms with Crippen LogP contribution in [0.3, 0.4) is 0 Å². The highest BCUT2D eigenvalue weighted by Crippen LogP contribution is 2.20. The summed E-state index contributed by atoms with van der Waals surface area (Å²) in [5.74, 6) is -1.04. The first-order valence-electron chi connectivity index (χ1n) is 6.11. The molecule has 0 aliphatic rings. The summed E-state index contributed by atoms with van der Waals surface area (Å²) in [6.07, 6.45) is 1.59. The van der Waals surface area contributed by atoms with Crippen LogP contribution in [0.1, 0.15) is 29.5 Å². The van der Waals surface area contributed by atoms with Gasteiger partial charge in [0.15, 0.2) is 5.69 Å². The smallest absolute Gasteiger partial charge is 0.278 e. The molecule has 0 fully saturated rings. The molecular weight excluding hydrogens is 283 g/mol. The Hall–Kier alpha value is -2.08. The average molecular weight is 297 g/mol. The van der Waals surface area contributed by atoms with Gasteiger partial charge in [0.1, 0.15) is 5.82 Å². The zero-order valence-electron chi connectivity index (χ0n) is 10.8. The first-order valence-corrected chi connectivity index (χ1v) is 6.49. The Kier molecular flexibility index (Phi) is 4.24. The number of nitrogens with two attached hydrogens (primary N) is 1. The number of nitrogens with zero attached hydrogens (tertiary/aromatic N) is 1. The van der Waals surface area contributed by atoms with Crippen molar-refractivity contribution in [3.8, 4) is 0 Å². The Labute approximate surface area is 120 Å². The van der Waals surface area contributed by atoms with Crippen LogP contribution in [0.25, 0.3) is 0 Å². The lowest BCUT2D eigenvalue weighted by molar-refractivity contribution is 0.102. The molecule has 7 heteroatoms. The standard InChI is InChI=1S/C13H14ClFN4O/c1-2-3-10-11(16)12(19-18-10)13(20)17-9-5-7(14)4-8(15)6-9/h4-6H,2-3,16H2,1H3,(H,17,20)(H,18,19). The summed E-state index contributed by atoms with van der Waals surface area (Å²) < 4.78 is 13.2. The van der Waals surface area contributed by atoms with Gasteiger partial charge in [0, 0.05) is 10.7 Å². The second kappa shape index (κ2) is 5.92. The van der Waals surface area contributed by atoms with Crippen molar-refractivity contribution in [3.63, 3.8) is 0 Å². The minimum Gasteiger partial charge on any atom is -0.395 e. The van der Waals surface area contributed by atoms with Crippen molar-refractivity contribution in [2.45, 2.75) is 19.8 Å². The van der Waals surface area contributed by atoms with Gasteiger partial charge in [0.05, 0.1) is 11.4 Å². The van der Waals surface area contributed by atoms with Crippen LogP contribution >= 0.6 is 11.6 Å². The zero-order chi connectivity index (χ0) is 14.7. The number of aromatic nitrogens is 2. The summed E-state index contributed by atoms with van der Waals surface area (Å²) in [5, 5.41) is 9.32. The summed E-state index contributed by atoms with van der Waals surface area (Å²) in [7, 11) is 0. The van der Waals surface area contributed by atoms with Gasteiger partial charge in [-0.2, -0.15) is 5.10 Å². The molecule has 0 bridgehead atoms. The largest absolute Gasteiger partial charge is 0.395 e. The third-order valence-corrected chi connectivity index (χ3v) is 2.94. The van der Waals surface area contributed by atoms with E-state index in [9.17, 15) is 9.18 Å². The summed E-state index contributed by atoms with van der Waals surface area (Å²) in [6.45, 7) is 1.99. The van der Waals surface area contributed by atoms with Gasteiger partial charge in [0.25, 0.3) is 5.91 Å². The van der Waals surface area contributed by atoms with E-state index in [4.69, 9.17) is 17.3 Å². The molecule has 4 N–H and O–H groups in total. The quantitative estimate of drug-likeness (QED) is 0.811. The van der Waals surface area contributed by atoms with Crippen molar-refractivity contribution in [2.24, 2.45) is 0 Å². The number of benzene rings is 1. The van der Waals surface area contributed by atoms with E-state index >= 15 is 0 Å². The number of hydrogen-bond acceptors (Lipinski definition) is 3. The molecule has 2 aromatic rings. The molecule has 1 heterocycles. The molecule has 1 amide bonds. The van der Waals surface area contributed by atoms with Crippen LogP contribution in [-0.4, -0.2) is 16.1 Å². The lowest BCUT2D eigenvalue weighted by Gasteiger charge is -2.05. The fourth-order valence-corrected chi connectivity index (χ4v) is 2.04. The SMILES string of the molecule is CCCc1[nH]nc(C(=O)Nc2cc(F)cc(Cl)c2)c1N. The number of nitrogens with one attached hydrogen (secondary N) is 2. The molecule has 0 unspecified atom stereocenters. The predicted molar refractivity (Wildman–Crippen MR) is 76.4 cm³/mol. The first-order chi connectivity index (χ1) is 9.51. The number of carbonyl (C=O) groups excluding carboxylic acids is 1. The number of amides is 1. The van der Waals surface area contributed by atoms with E-state index in [1.165, 1.54) is 12.1 Å². The number of carbonyl (C=O) groups is 1. The van der Waals surface area contributed by atoms with Crippen molar-refractivity contribution in [1.82, 2.24) is 10.2 Å². The fourth-order valence-electron chi connectivity index (χ4n) is 1.82. The maximum Gasteiger partial charge on any atom is 0.278 e. The molecule has 0 atom stereocenters. The summed E-state index contributed by atoms with van der Waals surface area (Å²) in [4.78, 5) is 12.0. The lowest BCUT2D eigenvalue weighted by Crippen LogP contribution is -2.14. The van der Waals surface area contributed by atoms with E-state index in [1.807, 2.05) is 6.92 Å². The fraction of sp³-hybridized carbons (Fsp3) is 0.231. The van der Waals surface area contributed by atoms with Crippen LogP contribution in [0.4, 0.5) is 15.8 Å². The number of H-pyrrole nitrogens is 1. The monoisotopic (exact) mass is 296 g/mol. The number of hydrogen-bond donors (Lipinski definition) is 3. The van der Waals surface area contributed by atoms with Gasteiger partial charge >= 0.3 is 0 Å². The Morgan fingerprint density at radius 1 is 1.50 bits per heavy atom. The zero-order valence-corrected chi connectivity index (χ0v) is 11.6. The van der Waals surface area contributed by atoms with Gasteiger partial charge in [-0.3, -0.25) is 9.89 Å². The van der Waals surface area contributed by atoms with E-state index in [1.54, 1.807) is 0 Å². The molecular formula is C13H14ClFN4O. The number of aryl methyl sites for hydroxylation is 1. The highest BCUT2D eigenvalue weighted by molar-refractivity contribution is 6.31. The maximum absolute atomic E-state index is 13.2. The summed E-state index contributed by atoms with van der Waals surface area (Å²) in [6, 6.07) is 3.76. The minimum atomic E-state index is -0.533. The Morgan fingerprint density at radius 2 is 2.25 bits per heavy atom. The normalized spacial score (nSPS) is 10.6. The van der Waals surface area contributed by atoms with Crippen LogP contribution in [0, 0.1) is 5.82 Å². The number of aromatic amines is 1. The molecule has 5 nitrogen and oxygen atoms in total. The van der Waals surface area contributed by atoms with Crippen LogP contribution in [0.15, 0.2) is 18.2 Å². The van der Waals surface area contributed by atoms with Gasteiger partial charge in [-0.25, -0.2) is 4.39 Å². The molecule has 0 aliphatic carbocycles. The van der Waals surface area contributed by atoms with E-state index in [2.05, 4.69) is 15.5 Å². The number of nitrogen functional groups attached to an aromatic ring is 1. The van der Waals surface area contributed by atoms with Crippen LogP contribution in [0.2, 0.25) is 5.02 Å². The van der Waals surface area contributed by atoms with E-state index < -0.39 is 11.7 Å². The molecule has 2 rings (SSSR count). The van der Waals surface area contributed by atoms with Crippen molar-refractivity contribution in [3.05, 3.63) is 40.4 Å². The summed E-state index contributed by atoms with van der Waals surface area (Å²) >= 11 is 5.72. The van der Waals surface area contributed by atoms with Crippen molar-refractivity contribution >= 4 is 28.9 Å². The van der Waals surface area contributed by atoms with E-state index in [0.717, 1.165) is 18.2 Å². The van der Waals surface area contributed by atoms with Crippen LogP contribution < -0.4 is 11.1 Å². The molecule has 0 spiro atoms. The second-order valence-electron chi connectivity index (χ2n) is 4.33. The van der Waals surface area contributed by atoms with Crippen molar-refractivity contribution < 1.29 is 9.18 Å². The van der Waals surface area contributed by atoms with Crippen LogP contribution in [0.5, 0.6) is 0 Å². The third kappa shape index (κ3) is 3.08. The van der Waals surface area contributed by atoms with Crippen LogP contribution in [-0.2, 0) is 6.42 Å². The Balaban J connectivity index is 2.19. The van der Waals surface area contributed by atoms with Gasteiger partial charge in [0.2, 0.25) is 0 Å². The average Bonchev–Trinajstić information content (AvgIpc) is 2.70. The molecule has 0 saturated heterocycles. The van der Waals surface area contributed by atoms with Gasteiger partial charge < -0.3 is 11.1 Å². The molecule has 20 heavy (non-hydrogen) atoms. The topological polar surface area (TPSA) is 83.8 Å². The summed E-state index contributed by atoms with van der Waals surface area (Å²) in [5.41, 5.74) is 7.22.